The van der Waals surface area contributed by atoms with Crippen LogP contribution in [0.4, 0.5) is 0 Å². The highest BCUT2D eigenvalue weighted by molar-refractivity contribution is 7.80. The molecule has 0 amide bonds. The first-order chi connectivity index (χ1) is 12.3. The zero-order valence-electron chi connectivity index (χ0n) is 14.4. The number of rotatable bonds is 9. The maximum Gasteiger partial charge on any atom is 0.157 e. The topological polar surface area (TPSA) is 61.2 Å². The van der Waals surface area contributed by atoms with Crippen molar-refractivity contribution in [1.82, 2.24) is 20.3 Å². The van der Waals surface area contributed by atoms with Gasteiger partial charge in [-0.2, -0.15) is 12.6 Å². The Balaban J connectivity index is 1.47. The van der Waals surface area contributed by atoms with Crippen molar-refractivity contribution in [2.75, 3.05) is 25.5 Å². The van der Waals surface area contributed by atoms with E-state index in [0.29, 0.717) is 6.61 Å². The molecule has 136 valence electrons. The van der Waals surface area contributed by atoms with Crippen LogP contribution in [0.2, 0.25) is 0 Å². The summed E-state index contributed by atoms with van der Waals surface area (Å²) in [6.45, 7) is 3.18. The Hall–Kier alpha value is -1.41. The third-order valence-corrected chi connectivity index (χ3v) is 4.38. The van der Waals surface area contributed by atoms with Crippen LogP contribution in [0.25, 0.3) is 5.69 Å². The summed E-state index contributed by atoms with van der Waals surface area (Å²) in [7, 11) is 0. The van der Waals surface area contributed by atoms with Gasteiger partial charge in [-0.3, -0.25) is 0 Å². The van der Waals surface area contributed by atoms with E-state index in [1.54, 1.807) is 4.68 Å². The molecule has 0 aliphatic carbocycles. The van der Waals surface area contributed by atoms with Gasteiger partial charge in [0.2, 0.25) is 0 Å². The second kappa shape index (κ2) is 9.91. The number of ether oxygens (including phenoxy) is 2. The van der Waals surface area contributed by atoms with Crippen LogP contribution in [0.15, 0.2) is 30.5 Å². The van der Waals surface area contributed by atoms with Crippen molar-refractivity contribution in [2.24, 2.45) is 0 Å². The molecule has 1 N–H and O–H groups in total. The lowest BCUT2D eigenvalue weighted by molar-refractivity contribution is -0.161. The molecule has 1 aromatic heterocycles. The van der Waals surface area contributed by atoms with Crippen LogP contribution < -0.4 is 5.32 Å². The van der Waals surface area contributed by atoms with Crippen LogP contribution in [0.5, 0.6) is 0 Å². The van der Waals surface area contributed by atoms with E-state index in [1.165, 1.54) is 12.0 Å². The molecule has 1 atom stereocenters. The number of benzene rings is 1. The molecule has 1 aliphatic rings. The fourth-order valence-electron chi connectivity index (χ4n) is 2.76. The highest BCUT2D eigenvalue weighted by atomic mass is 32.1. The van der Waals surface area contributed by atoms with Crippen LogP contribution in [0, 0.1) is 0 Å². The standard InChI is InChI=1S/C18H26N4O2S/c25-12-9-19-13-15-4-6-17(7-5-15)22-14-16(20-21-22)8-11-24-18-3-1-2-10-23-18/h4-7,14,18-19,25H,1-3,8-13H2. The van der Waals surface area contributed by atoms with E-state index in [0.717, 1.165) is 56.1 Å². The lowest BCUT2D eigenvalue weighted by Crippen LogP contribution is -2.23. The minimum Gasteiger partial charge on any atom is -0.353 e. The van der Waals surface area contributed by atoms with E-state index in [1.807, 2.05) is 6.20 Å². The predicted molar refractivity (Wildman–Crippen MR) is 100 cm³/mol. The SMILES string of the molecule is SCCNCc1ccc(-n2cc(CCOC3CCCCO3)nn2)cc1. The largest absolute Gasteiger partial charge is 0.353 e. The summed E-state index contributed by atoms with van der Waals surface area (Å²) in [5.41, 5.74) is 3.18. The Kier molecular flexibility index (Phi) is 7.29. The number of thiol groups is 1. The molecule has 1 fully saturated rings. The highest BCUT2D eigenvalue weighted by Crippen LogP contribution is 2.14. The molecule has 6 nitrogen and oxygen atoms in total. The van der Waals surface area contributed by atoms with Gasteiger partial charge in [0, 0.05) is 31.9 Å². The summed E-state index contributed by atoms with van der Waals surface area (Å²) in [6.07, 6.45) is 5.96. The molecule has 1 aromatic carbocycles. The molecule has 0 bridgehead atoms. The number of aromatic nitrogens is 3. The normalized spacial score (nSPS) is 17.7. The fraction of sp³-hybridized carbons (Fsp3) is 0.556. The summed E-state index contributed by atoms with van der Waals surface area (Å²) in [4.78, 5) is 0. The third kappa shape index (κ3) is 5.81. The third-order valence-electron chi connectivity index (χ3n) is 4.16. The minimum atomic E-state index is -0.0486. The molecular weight excluding hydrogens is 336 g/mol. The molecular formula is C18H26N4O2S. The molecule has 3 rings (SSSR count). The Morgan fingerprint density at radius 3 is 2.92 bits per heavy atom. The fourth-order valence-corrected chi connectivity index (χ4v) is 2.91. The predicted octanol–water partition coefficient (Wildman–Crippen LogP) is 2.37. The van der Waals surface area contributed by atoms with Crippen LogP contribution in [-0.4, -0.2) is 46.8 Å². The molecule has 1 unspecified atom stereocenters. The second-order valence-electron chi connectivity index (χ2n) is 6.14. The van der Waals surface area contributed by atoms with E-state index >= 15 is 0 Å². The monoisotopic (exact) mass is 362 g/mol. The molecule has 0 spiro atoms. The molecule has 0 radical (unpaired) electrons. The molecule has 1 aliphatic heterocycles. The van der Waals surface area contributed by atoms with Crippen molar-refractivity contribution in [3.63, 3.8) is 0 Å². The maximum absolute atomic E-state index is 5.75. The first kappa shape index (κ1) is 18.4. The average Bonchev–Trinajstić information content (AvgIpc) is 3.12. The van der Waals surface area contributed by atoms with Crippen molar-refractivity contribution in [2.45, 2.75) is 38.5 Å². The lowest BCUT2D eigenvalue weighted by Gasteiger charge is -2.22. The van der Waals surface area contributed by atoms with Gasteiger partial charge in [0.05, 0.1) is 24.2 Å². The highest BCUT2D eigenvalue weighted by Gasteiger charge is 2.14. The molecule has 2 heterocycles. The van der Waals surface area contributed by atoms with Gasteiger partial charge in [-0.1, -0.05) is 17.3 Å². The summed E-state index contributed by atoms with van der Waals surface area (Å²) in [6, 6.07) is 8.32. The Morgan fingerprint density at radius 1 is 1.28 bits per heavy atom. The van der Waals surface area contributed by atoms with Crippen LogP contribution >= 0.6 is 12.6 Å². The summed E-state index contributed by atoms with van der Waals surface area (Å²) in [5, 5.41) is 11.8. The molecule has 0 saturated carbocycles. The maximum atomic E-state index is 5.75. The van der Waals surface area contributed by atoms with Crippen LogP contribution in [0.3, 0.4) is 0 Å². The smallest absolute Gasteiger partial charge is 0.157 e. The van der Waals surface area contributed by atoms with Crippen molar-refractivity contribution < 1.29 is 9.47 Å². The first-order valence-electron chi connectivity index (χ1n) is 8.90. The van der Waals surface area contributed by atoms with Gasteiger partial charge < -0.3 is 14.8 Å². The quantitative estimate of drug-likeness (QED) is 0.530. The van der Waals surface area contributed by atoms with Crippen molar-refractivity contribution in [3.8, 4) is 5.69 Å². The van der Waals surface area contributed by atoms with Gasteiger partial charge in [0.25, 0.3) is 0 Å². The zero-order chi connectivity index (χ0) is 17.3. The van der Waals surface area contributed by atoms with E-state index < -0.39 is 0 Å². The number of hydrogen-bond acceptors (Lipinski definition) is 6. The van der Waals surface area contributed by atoms with Crippen LogP contribution in [-0.2, 0) is 22.4 Å². The Bertz CT molecular complexity index is 626. The minimum absolute atomic E-state index is 0.0486. The van der Waals surface area contributed by atoms with Gasteiger partial charge in [-0.05, 0) is 37.0 Å². The Morgan fingerprint density at radius 2 is 2.16 bits per heavy atom. The number of hydrogen-bond donors (Lipinski definition) is 2. The summed E-state index contributed by atoms with van der Waals surface area (Å²) >= 11 is 4.19. The van der Waals surface area contributed by atoms with Gasteiger partial charge in [-0.25, -0.2) is 4.68 Å². The lowest BCUT2D eigenvalue weighted by atomic mass is 10.2. The van der Waals surface area contributed by atoms with E-state index in [9.17, 15) is 0 Å². The van der Waals surface area contributed by atoms with E-state index in [2.05, 4.69) is 52.5 Å². The van der Waals surface area contributed by atoms with Gasteiger partial charge in [0.15, 0.2) is 6.29 Å². The Labute approximate surface area is 154 Å². The average molecular weight is 362 g/mol. The van der Waals surface area contributed by atoms with E-state index in [-0.39, 0.29) is 6.29 Å². The molecule has 25 heavy (non-hydrogen) atoms. The first-order valence-corrected chi connectivity index (χ1v) is 9.54. The van der Waals surface area contributed by atoms with Crippen molar-refractivity contribution >= 4 is 12.6 Å². The number of nitrogens with one attached hydrogen (secondary N) is 1. The van der Waals surface area contributed by atoms with Gasteiger partial charge in [-0.15, -0.1) is 5.10 Å². The molecule has 2 aromatic rings. The van der Waals surface area contributed by atoms with Crippen LogP contribution in [0.1, 0.15) is 30.5 Å². The second-order valence-corrected chi connectivity index (χ2v) is 6.59. The number of nitrogens with zero attached hydrogens (tertiary/aromatic N) is 3. The summed E-state index contributed by atoms with van der Waals surface area (Å²) < 4.78 is 13.1. The zero-order valence-corrected chi connectivity index (χ0v) is 15.3. The van der Waals surface area contributed by atoms with Gasteiger partial charge in [0.1, 0.15) is 0 Å². The summed E-state index contributed by atoms with van der Waals surface area (Å²) in [5.74, 6) is 0.844. The van der Waals surface area contributed by atoms with Crippen molar-refractivity contribution in [1.29, 1.82) is 0 Å². The molecule has 1 saturated heterocycles. The van der Waals surface area contributed by atoms with Crippen molar-refractivity contribution in [3.05, 3.63) is 41.7 Å². The molecule has 7 heteroatoms. The van der Waals surface area contributed by atoms with E-state index in [4.69, 9.17) is 9.47 Å². The van der Waals surface area contributed by atoms with Gasteiger partial charge >= 0.3 is 0 Å².